The van der Waals surface area contributed by atoms with E-state index in [0.29, 0.717) is 0 Å². The van der Waals surface area contributed by atoms with Crippen molar-refractivity contribution in [3.63, 3.8) is 0 Å². The molecule has 1 aliphatic rings. The van der Waals surface area contributed by atoms with Crippen molar-refractivity contribution in [2.45, 2.75) is 12.1 Å². The van der Waals surface area contributed by atoms with E-state index in [1.807, 2.05) is 0 Å². The van der Waals surface area contributed by atoms with Crippen LogP contribution in [0.3, 0.4) is 0 Å². The summed E-state index contributed by atoms with van der Waals surface area (Å²) in [5, 5.41) is 7.90. The van der Waals surface area contributed by atoms with E-state index in [9.17, 15) is 13.2 Å². The van der Waals surface area contributed by atoms with Crippen molar-refractivity contribution in [1.29, 1.82) is 0 Å². The number of rotatable bonds is 0. The molecule has 0 bridgehead atoms. The first kappa shape index (κ1) is 9.38. The Bertz CT molecular complexity index is 105. The molecule has 7 heteroatoms. The third kappa shape index (κ3) is 1.65. The van der Waals surface area contributed by atoms with Crippen LogP contribution < -0.4 is 0 Å². The maximum atomic E-state index is 11.1. The summed E-state index contributed by atoms with van der Waals surface area (Å²) in [5.74, 6) is -3.31. The molecule has 0 amide bonds. The third-order valence-electron chi connectivity index (χ3n) is 0.599. The Morgan fingerprint density at radius 1 is 1.22 bits per heavy atom. The van der Waals surface area contributed by atoms with Gasteiger partial charge in [0.1, 0.15) is 0 Å². The molecule has 1 heterocycles. The molecule has 0 aromatic carbocycles. The van der Waals surface area contributed by atoms with Crippen LogP contribution >= 0.6 is 0 Å². The van der Waals surface area contributed by atoms with Gasteiger partial charge in [-0.3, -0.25) is 0 Å². The molecule has 0 aromatic heterocycles. The largest absolute Gasteiger partial charge is 0.478 e. The summed E-state index contributed by atoms with van der Waals surface area (Å²) in [5.41, 5.74) is 0. The molecule has 0 aromatic rings. The van der Waals surface area contributed by atoms with E-state index in [1.165, 1.54) is 0 Å². The summed E-state index contributed by atoms with van der Waals surface area (Å²) in [6.07, 6.45) is -4.84. The minimum atomic E-state index is -4.84. The van der Waals surface area contributed by atoms with Crippen molar-refractivity contribution in [3.8, 4) is 0 Å². The van der Waals surface area contributed by atoms with Gasteiger partial charge in [0.15, 0.2) is 0 Å². The van der Waals surface area contributed by atoms with Gasteiger partial charge in [0, 0.05) is 21.7 Å². The average molecular weight is 178 g/mol. The van der Waals surface area contributed by atoms with Crippen molar-refractivity contribution >= 4 is 0 Å². The maximum absolute atomic E-state index is 11.1. The standard InChI is InChI=1S/C2HF3O3.Ti/c3-1(4,5)2(6)7-8-2;/h6H;. The Morgan fingerprint density at radius 3 is 1.56 bits per heavy atom. The Hall–Kier alpha value is 0.384. The van der Waals surface area contributed by atoms with E-state index < -0.39 is 12.1 Å². The fraction of sp³-hybridized carbons (Fsp3) is 1.00. The van der Waals surface area contributed by atoms with E-state index in [1.54, 1.807) is 0 Å². The second kappa shape index (κ2) is 2.21. The molecular formula is C2HF3O3Ti. The van der Waals surface area contributed by atoms with Crippen molar-refractivity contribution in [3.05, 3.63) is 0 Å². The first-order valence-electron chi connectivity index (χ1n) is 1.62. The van der Waals surface area contributed by atoms with Crippen LogP contribution in [0.2, 0.25) is 0 Å². The normalized spacial score (nSPS) is 22.7. The Labute approximate surface area is 62.6 Å². The topological polar surface area (TPSA) is 45.3 Å². The van der Waals surface area contributed by atoms with Gasteiger partial charge in [0.2, 0.25) is 0 Å². The second-order valence-corrected chi connectivity index (χ2v) is 1.25. The van der Waals surface area contributed by atoms with E-state index >= 15 is 0 Å². The molecule has 9 heavy (non-hydrogen) atoms. The number of hydrogen-bond donors (Lipinski definition) is 1. The predicted octanol–water partition coefficient (Wildman–Crippen LogP) is 0.154. The summed E-state index contributed by atoms with van der Waals surface area (Å²) in [4.78, 5) is 6.38. The van der Waals surface area contributed by atoms with Crippen LogP contribution in [-0.4, -0.2) is 17.3 Å². The summed E-state index contributed by atoms with van der Waals surface area (Å²) >= 11 is 0. The van der Waals surface area contributed by atoms with E-state index in [-0.39, 0.29) is 21.7 Å². The molecule has 1 aliphatic heterocycles. The molecule has 0 radical (unpaired) electrons. The summed E-state index contributed by atoms with van der Waals surface area (Å²) in [6.45, 7) is 0. The van der Waals surface area contributed by atoms with E-state index in [4.69, 9.17) is 5.11 Å². The molecule has 1 saturated heterocycles. The maximum Gasteiger partial charge on any atom is 0.478 e. The molecule has 1 N–H and O–H groups in total. The number of aliphatic hydroxyl groups is 1. The summed E-state index contributed by atoms with van der Waals surface area (Å²) in [6, 6.07) is 0. The van der Waals surface area contributed by atoms with Gasteiger partial charge < -0.3 is 5.11 Å². The van der Waals surface area contributed by atoms with Gasteiger partial charge in [-0.05, 0) is 0 Å². The molecule has 3 nitrogen and oxygen atoms in total. The van der Waals surface area contributed by atoms with Crippen LogP contribution in [0.4, 0.5) is 13.2 Å². The molecule has 1 fully saturated rings. The van der Waals surface area contributed by atoms with Crippen molar-refractivity contribution < 1.29 is 49.8 Å². The quantitative estimate of drug-likeness (QED) is 0.326. The first-order chi connectivity index (χ1) is 3.46. The van der Waals surface area contributed by atoms with Gasteiger partial charge >= 0.3 is 12.1 Å². The van der Waals surface area contributed by atoms with Crippen molar-refractivity contribution in [2.75, 3.05) is 0 Å². The van der Waals surface area contributed by atoms with Crippen molar-refractivity contribution in [1.82, 2.24) is 0 Å². The summed E-state index contributed by atoms with van der Waals surface area (Å²) < 4.78 is 33.4. The monoisotopic (exact) mass is 178 g/mol. The Balaban J connectivity index is 0.000000640. The van der Waals surface area contributed by atoms with Crippen LogP contribution in [0.1, 0.15) is 0 Å². The van der Waals surface area contributed by atoms with E-state index in [0.717, 1.165) is 0 Å². The fourth-order valence-corrected chi connectivity index (χ4v) is 0.134. The average Bonchev–Trinajstić information content (AvgIpc) is 2.16. The third-order valence-corrected chi connectivity index (χ3v) is 0.599. The number of alkyl halides is 3. The molecule has 0 aliphatic carbocycles. The van der Waals surface area contributed by atoms with Crippen LogP contribution in [-0.2, 0) is 31.5 Å². The van der Waals surface area contributed by atoms with Gasteiger partial charge in [0.05, 0.1) is 0 Å². The van der Waals surface area contributed by atoms with Crippen LogP contribution in [0.5, 0.6) is 0 Å². The second-order valence-electron chi connectivity index (χ2n) is 1.25. The molecular weight excluding hydrogens is 177 g/mol. The van der Waals surface area contributed by atoms with Gasteiger partial charge in [-0.15, -0.1) is 0 Å². The molecule has 0 unspecified atom stereocenters. The smallest absolute Gasteiger partial charge is 0.332 e. The predicted molar refractivity (Wildman–Crippen MR) is 13.2 cm³/mol. The molecule has 0 saturated carbocycles. The molecule has 0 atom stereocenters. The van der Waals surface area contributed by atoms with Gasteiger partial charge in [-0.25, -0.2) is 0 Å². The number of halogens is 3. The minimum absolute atomic E-state index is 0. The zero-order valence-electron chi connectivity index (χ0n) is 3.90. The SMILES string of the molecule is OC1(C(F)(F)F)OO1.[Ti]. The Kier molecular flexibility index (Phi) is 2.30. The fourth-order valence-electron chi connectivity index (χ4n) is 0.134. The Morgan fingerprint density at radius 2 is 1.56 bits per heavy atom. The minimum Gasteiger partial charge on any atom is -0.332 e. The summed E-state index contributed by atoms with van der Waals surface area (Å²) in [7, 11) is 0. The van der Waals surface area contributed by atoms with Gasteiger partial charge in [0.25, 0.3) is 0 Å². The van der Waals surface area contributed by atoms with Gasteiger partial charge in [-0.2, -0.15) is 22.9 Å². The first-order valence-corrected chi connectivity index (χ1v) is 1.62. The number of hydrogen-bond acceptors (Lipinski definition) is 3. The van der Waals surface area contributed by atoms with Crippen molar-refractivity contribution in [2.24, 2.45) is 0 Å². The zero-order valence-corrected chi connectivity index (χ0v) is 5.46. The van der Waals surface area contributed by atoms with E-state index in [2.05, 4.69) is 9.78 Å². The van der Waals surface area contributed by atoms with Crippen LogP contribution in [0.25, 0.3) is 0 Å². The van der Waals surface area contributed by atoms with Crippen LogP contribution in [0, 0.1) is 0 Å². The molecule has 1 rings (SSSR count). The molecule has 0 spiro atoms. The zero-order chi connectivity index (χ0) is 6.41. The molecule has 52 valence electrons. The van der Waals surface area contributed by atoms with Crippen LogP contribution in [0.15, 0.2) is 0 Å². The van der Waals surface area contributed by atoms with Gasteiger partial charge in [-0.1, -0.05) is 0 Å².